The van der Waals surface area contributed by atoms with Crippen LogP contribution in [0.3, 0.4) is 0 Å². The van der Waals surface area contributed by atoms with E-state index in [9.17, 15) is 0 Å². The van der Waals surface area contributed by atoms with Gasteiger partial charge < -0.3 is 0 Å². The normalized spacial score (nSPS) is 11.1. The van der Waals surface area contributed by atoms with Gasteiger partial charge in [-0.2, -0.15) is 0 Å². The number of hydrogen-bond acceptors (Lipinski definition) is 1. The summed E-state index contributed by atoms with van der Waals surface area (Å²) in [5.41, 5.74) is 3.99. The van der Waals surface area contributed by atoms with Crippen LogP contribution in [0.2, 0.25) is 0 Å². The first-order valence-electron chi connectivity index (χ1n) is 7.36. The van der Waals surface area contributed by atoms with Crippen LogP contribution in [0.25, 0.3) is 0 Å². The average Bonchev–Trinajstić information content (AvgIpc) is 2.48. The van der Waals surface area contributed by atoms with Crippen LogP contribution in [0.4, 0.5) is 5.69 Å². The van der Waals surface area contributed by atoms with Crippen LogP contribution in [0, 0.1) is 0 Å². The first-order chi connectivity index (χ1) is 10.0. The van der Waals surface area contributed by atoms with Crippen LogP contribution in [0.5, 0.6) is 0 Å². The minimum atomic E-state index is -0.503. The van der Waals surface area contributed by atoms with Crippen LogP contribution in [0.15, 0.2) is 58.1 Å². The van der Waals surface area contributed by atoms with Crippen LogP contribution < -0.4 is 0 Å². The zero-order chi connectivity index (χ0) is 15.3. The number of hydrogen-bond donors (Lipinski definition) is 0. The molecule has 0 heterocycles. The van der Waals surface area contributed by atoms with E-state index >= 15 is 0 Å². The molecule has 0 aliphatic carbocycles. The Kier molecular flexibility index (Phi) is 5.53. The van der Waals surface area contributed by atoms with Crippen molar-refractivity contribution in [3.63, 3.8) is 0 Å². The van der Waals surface area contributed by atoms with Gasteiger partial charge in [-0.25, -0.2) is 0 Å². The van der Waals surface area contributed by atoms with Gasteiger partial charge >= 0.3 is 136 Å². The molecule has 0 N–H and O–H groups in total. The van der Waals surface area contributed by atoms with Crippen LogP contribution in [-0.2, 0) is 23.3 Å². The third kappa shape index (κ3) is 4.38. The Morgan fingerprint density at radius 3 is 2.24 bits per heavy atom. The van der Waals surface area contributed by atoms with E-state index in [2.05, 4.69) is 86.7 Å². The minimum absolute atomic E-state index is 0.0970. The Balaban J connectivity index is 2.29. The molecule has 1 nitrogen and oxygen atoms in total. The van der Waals surface area contributed by atoms with Gasteiger partial charge in [-0.3, -0.25) is 0 Å². The third-order valence-electron chi connectivity index (χ3n) is 3.57. The van der Waals surface area contributed by atoms with Gasteiger partial charge in [0.05, 0.1) is 0 Å². The van der Waals surface area contributed by atoms with E-state index in [1.807, 2.05) is 0 Å². The Morgan fingerprint density at radius 2 is 1.57 bits per heavy atom. The summed E-state index contributed by atoms with van der Waals surface area (Å²) >= 11 is -0.503. The van der Waals surface area contributed by atoms with Crippen molar-refractivity contribution in [3.05, 3.63) is 65.7 Å². The van der Waals surface area contributed by atoms with E-state index in [0.29, 0.717) is 5.92 Å². The second-order valence-corrected chi connectivity index (χ2v) is 7.66. The molecule has 21 heavy (non-hydrogen) atoms. The average molecular weight is 361 g/mol. The summed E-state index contributed by atoms with van der Waals surface area (Å²) in [7, 11) is 0. The van der Waals surface area contributed by atoms with Gasteiger partial charge in [0, 0.05) is 0 Å². The molecule has 0 fully saturated rings. The molecule has 0 aliphatic heterocycles. The van der Waals surface area contributed by atoms with Crippen molar-refractivity contribution in [3.8, 4) is 0 Å². The van der Waals surface area contributed by atoms with Crippen molar-refractivity contribution >= 4 is 10.1 Å². The number of nitrogens with zero attached hydrogens (tertiary/aromatic N) is 1. The molecule has 0 spiro atoms. The first kappa shape index (κ1) is 16.2. The zero-order valence-corrected chi connectivity index (χ0v) is 15.2. The van der Waals surface area contributed by atoms with E-state index in [-0.39, 0.29) is 5.41 Å². The van der Waals surface area contributed by atoms with Gasteiger partial charge in [0.2, 0.25) is 0 Å². The molecule has 0 aliphatic rings. The quantitative estimate of drug-likeness (QED) is 0.639. The summed E-state index contributed by atoms with van der Waals surface area (Å²) in [5.74, 6) is 0.527. The van der Waals surface area contributed by atoms with Gasteiger partial charge in [-0.15, -0.1) is 0 Å². The molecule has 0 bridgehead atoms. The van der Waals surface area contributed by atoms with E-state index in [1.165, 1.54) is 16.8 Å². The fourth-order valence-electron chi connectivity index (χ4n) is 2.21. The topological polar surface area (TPSA) is 12.4 Å². The second kappa shape index (κ2) is 7.18. The molecular weight excluding hydrogens is 338 g/mol. The van der Waals surface area contributed by atoms with Gasteiger partial charge in [-0.1, -0.05) is 0 Å². The summed E-state index contributed by atoms with van der Waals surface area (Å²) in [6.45, 7) is 9.01. The van der Waals surface area contributed by atoms with Gasteiger partial charge in [0.1, 0.15) is 0 Å². The Hall–Kier alpha value is -1.20. The summed E-state index contributed by atoms with van der Waals surface area (Å²) in [4.78, 5) is 0. The van der Waals surface area contributed by atoms with Crippen molar-refractivity contribution in [2.45, 2.75) is 39.0 Å². The summed E-state index contributed by atoms with van der Waals surface area (Å²) in [5, 5.41) is 0. The summed E-state index contributed by atoms with van der Waals surface area (Å²) in [6.07, 6.45) is 0. The van der Waals surface area contributed by atoms with E-state index in [1.54, 1.807) is 0 Å². The van der Waals surface area contributed by atoms with Crippen LogP contribution in [-0.4, -0.2) is 4.40 Å². The SMILES string of the molecule is CC(C)c1ccccc1[N]=[Mo+2]=[CH]C(C)(C)c1ccccc1. The predicted molar refractivity (Wildman–Crippen MR) is 88.2 cm³/mol. The molecule has 0 saturated carbocycles. The zero-order valence-electron chi connectivity index (χ0n) is 13.2. The molecule has 2 aromatic carbocycles. The Morgan fingerprint density at radius 1 is 0.952 bits per heavy atom. The van der Waals surface area contributed by atoms with E-state index in [4.69, 9.17) is 3.50 Å². The van der Waals surface area contributed by atoms with Crippen molar-refractivity contribution < 1.29 is 17.9 Å². The number of benzene rings is 2. The number of rotatable bonds is 4. The molecule has 0 unspecified atom stereocenters. The third-order valence-corrected chi connectivity index (χ3v) is 6.03. The molecule has 2 heteroatoms. The molecule has 0 amide bonds. The van der Waals surface area contributed by atoms with Crippen molar-refractivity contribution in [1.82, 2.24) is 0 Å². The monoisotopic (exact) mass is 363 g/mol. The molecule has 108 valence electrons. The van der Waals surface area contributed by atoms with Crippen molar-refractivity contribution in [2.24, 2.45) is 3.50 Å². The van der Waals surface area contributed by atoms with E-state index in [0.717, 1.165) is 0 Å². The molecule has 0 radical (unpaired) electrons. The van der Waals surface area contributed by atoms with Gasteiger partial charge in [0.25, 0.3) is 0 Å². The predicted octanol–water partition coefficient (Wildman–Crippen LogP) is 5.49. The molecule has 2 rings (SSSR count). The standard InChI is InChI=1S/C10H12.C9H11N.Mo/c1-10(2,3)9-7-5-4-6-8-9;1-7(2)8-5-3-4-6-9(8)10;/h1,4-8H,2-3H3;3-7H,1-2H3;/q;;+2. The summed E-state index contributed by atoms with van der Waals surface area (Å²) < 4.78 is 7.33. The molecule has 0 saturated heterocycles. The second-order valence-electron chi connectivity index (χ2n) is 6.12. The molecule has 2 aromatic rings. The molecule has 0 aromatic heterocycles. The van der Waals surface area contributed by atoms with Crippen LogP contribution >= 0.6 is 0 Å². The van der Waals surface area contributed by atoms with Gasteiger partial charge in [-0.05, 0) is 0 Å². The fraction of sp³-hybridized carbons (Fsp3) is 0.316. The summed E-state index contributed by atoms with van der Waals surface area (Å²) in [6, 6.07) is 19.2. The van der Waals surface area contributed by atoms with E-state index < -0.39 is 17.9 Å². The Bertz CT molecular complexity index is 650. The van der Waals surface area contributed by atoms with Crippen LogP contribution in [0.1, 0.15) is 44.7 Å². The molecule has 0 atom stereocenters. The van der Waals surface area contributed by atoms with Crippen molar-refractivity contribution in [1.29, 1.82) is 0 Å². The van der Waals surface area contributed by atoms with Gasteiger partial charge in [0.15, 0.2) is 0 Å². The Labute approximate surface area is 136 Å². The fourth-order valence-corrected chi connectivity index (χ4v) is 4.01. The molecular formula is C19H23MoN+2. The first-order valence-corrected chi connectivity index (χ1v) is 9.42. The maximum atomic E-state index is 4.91. The van der Waals surface area contributed by atoms with Crippen molar-refractivity contribution in [2.75, 3.05) is 0 Å². The maximum absolute atomic E-state index is 4.91.